The van der Waals surface area contributed by atoms with E-state index in [1.807, 2.05) is 12.2 Å². The first-order valence-electron chi connectivity index (χ1n) is 6.46. The fraction of sp³-hybridized carbons (Fsp3) is 0.615. The number of carbonyl (C=O) groups excluding carboxylic acids is 3. The number of hydrogen-bond donors (Lipinski definition) is 0. The van der Waals surface area contributed by atoms with E-state index in [4.69, 9.17) is 0 Å². The van der Waals surface area contributed by atoms with Crippen LogP contribution in [0.1, 0.15) is 19.3 Å². The number of likely N-dealkylation sites (tertiary alicyclic amines) is 2. The van der Waals surface area contributed by atoms with Crippen LogP contribution in [-0.4, -0.2) is 47.2 Å². The maximum absolute atomic E-state index is 12.1. The number of rotatable bonds is 2. The van der Waals surface area contributed by atoms with Crippen LogP contribution in [0.3, 0.4) is 0 Å². The van der Waals surface area contributed by atoms with Crippen LogP contribution < -0.4 is 0 Å². The maximum Gasteiger partial charge on any atom is 0.242 e. The van der Waals surface area contributed by atoms with Gasteiger partial charge < -0.3 is 4.90 Å². The van der Waals surface area contributed by atoms with Gasteiger partial charge in [0, 0.05) is 13.1 Å². The number of imide groups is 1. The van der Waals surface area contributed by atoms with Crippen molar-refractivity contribution >= 4 is 17.7 Å². The molecule has 1 aliphatic carbocycles. The van der Waals surface area contributed by atoms with E-state index >= 15 is 0 Å². The summed E-state index contributed by atoms with van der Waals surface area (Å²) in [7, 11) is 0. The second kappa shape index (κ2) is 4.23. The summed E-state index contributed by atoms with van der Waals surface area (Å²) in [6.07, 6.45) is 6.18. The SMILES string of the molecule is O=C(CN1C(=O)C2CC=CCC2C1=O)N1CCC1. The minimum atomic E-state index is -0.230. The monoisotopic (exact) mass is 248 g/mol. The van der Waals surface area contributed by atoms with Crippen LogP contribution in [0.25, 0.3) is 0 Å². The van der Waals surface area contributed by atoms with Gasteiger partial charge in [0.15, 0.2) is 0 Å². The fourth-order valence-corrected chi connectivity index (χ4v) is 2.83. The second-order valence-corrected chi connectivity index (χ2v) is 5.15. The molecule has 96 valence electrons. The Morgan fingerprint density at radius 3 is 2.11 bits per heavy atom. The van der Waals surface area contributed by atoms with Gasteiger partial charge in [0.25, 0.3) is 0 Å². The van der Waals surface area contributed by atoms with Gasteiger partial charge in [-0.15, -0.1) is 0 Å². The number of hydrogen-bond acceptors (Lipinski definition) is 3. The highest BCUT2D eigenvalue weighted by Gasteiger charge is 2.48. The zero-order valence-corrected chi connectivity index (χ0v) is 10.2. The summed E-state index contributed by atoms with van der Waals surface area (Å²) in [6.45, 7) is 1.44. The standard InChI is InChI=1S/C13H16N2O3/c16-11(14-6-3-7-14)8-15-12(17)9-4-1-2-5-10(9)13(15)18/h1-2,9-10H,3-8H2. The van der Waals surface area contributed by atoms with Gasteiger partial charge in [0.05, 0.1) is 11.8 Å². The third kappa shape index (κ3) is 1.65. The van der Waals surface area contributed by atoms with E-state index in [-0.39, 0.29) is 36.1 Å². The molecule has 3 rings (SSSR count). The summed E-state index contributed by atoms with van der Waals surface area (Å²) < 4.78 is 0. The van der Waals surface area contributed by atoms with Crippen LogP contribution in [0.15, 0.2) is 12.2 Å². The molecule has 0 saturated carbocycles. The van der Waals surface area contributed by atoms with E-state index in [1.165, 1.54) is 4.90 Å². The molecule has 5 heteroatoms. The van der Waals surface area contributed by atoms with Crippen LogP contribution in [0, 0.1) is 11.8 Å². The molecule has 0 bridgehead atoms. The average Bonchev–Trinajstić information content (AvgIpc) is 2.53. The molecule has 0 aromatic carbocycles. The third-order valence-electron chi connectivity index (χ3n) is 4.10. The Labute approximate surface area is 105 Å². The van der Waals surface area contributed by atoms with Gasteiger partial charge >= 0.3 is 0 Å². The van der Waals surface area contributed by atoms with Crippen molar-refractivity contribution in [1.82, 2.24) is 9.80 Å². The lowest BCUT2D eigenvalue weighted by molar-refractivity contribution is -0.147. The molecule has 5 nitrogen and oxygen atoms in total. The summed E-state index contributed by atoms with van der Waals surface area (Å²) in [5, 5.41) is 0. The molecule has 0 spiro atoms. The van der Waals surface area contributed by atoms with Crippen molar-refractivity contribution in [1.29, 1.82) is 0 Å². The highest BCUT2D eigenvalue weighted by atomic mass is 16.2. The van der Waals surface area contributed by atoms with Crippen molar-refractivity contribution < 1.29 is 14.4 Å². The first-order chi connectivity index (χ1) is 8.68. The van der Waals surface area contributed by atoms with Crippen molar-refractivity contribution in [2.75, 3.05) is 19.6 Å². The van der Waals surface area contributed by atoms with Crippen LogP contribution in [-0.2, 0) is 14.4 Å². The molecular weight excluding hydrogens is 232 g/mol. The Balaban J connectivity index is 1.71. The van der Waals surface area contributed by atoms with Crippen molar-refractivity contribution in [3.05, 3.63) is 12.2 Å². The smallest absolute Gasteiger partial charge is 0.242 e. The summed E-state index contributed by atoms with van der Waals surface area (Å²) in [5.41, 5.74) is 0. The van der Waals surface area contributed by atoms with Gasteiger partial charge in [-0.3, -0.25) is 19.3 Å². The lowest BCUT2D eigenvalue weighted by atomic mass is 9.85. The molecule has 3 amide bonds. The molecule has 2 unspecified atom stereocenters. The van der Waals surface area contributed by atoms with E-state index in [0.29, 0.717) is 12.8 Å². The Kier molecular flexibility index (Phi) is 2.69. The highest BCUT2D eigenvalue weighted by Crippen LogP contribution is 2.34. The van der Waals surface area contributed by atoms with Crippen LogP contribution in [0.2, 0.25) is 0 Å². The van der Waals surface area contributed by atoms with Gasteiger partial charge in [0.1, 0.15) is 6.54 Å². The van der Waals surface area contributed by atoms with Gasteiger partial charge in [-0.05, 0) is 19.3 Å². The zero-order valence-electron chi connectivity index (χ0n) is 10.2. The number of fused-ring (bicyclic) bond motifs is 1. The van der Waals surface area contributed by atoms with Gasteiger partial charge in [-0.1, -0.05) is 12.2 Å². The van der Waals surface area contributed by atoms with E-state index in [9.17, 15) is 14.4 Å². The first kappa shape index (κ1) is 11.4. The van der Waals surface area contributed by atoms with Gasteiger partial charge in [-0.2, -0.15) is 0 Å². The highest BCUT2D eigenvalue weighted by molar-refractivity contribution is 6.07. The van der Waals surface area contributed by atoms with Gasteiger partial charge in [0.2, 0.25) is 17.7 Å². The molecule has 0 N–H and O–H groups in total. The van der Waals surface area contributed by atoms with E-state index in [2.05, 4.69) is 0 Å². The van der Waals surface area contributed by atoms with Crippen LogP contribution >= 0.6 is 0 Å². The number of amides is 3. The quantitative estimate of drug-likeness (QED) is 0.517. The van der Waals surface area contributed by atoms with Crippen LogP contribution in [0.5, 0.6) is 0 Å². The van der Waals surface area contributed by atoms with E-state index < -0.39 is 0 Å². The molecule has 2 aliphatic heterocycles. The lowest BCUT2D eigenvalue weighted by Gasteiger charge is -2.32. The Bertz CT molecular complexity index is 414. The Morgan fingerprint density at radius 2 is 1.67 bits per heavy atom. The second-order valence-electron chi connectivity index (χ2n) is 5.15. The summed E-state index contributed by atoms with van der Waals surface area (Å²) in [4.78, 5) is 38.9. The molecule has 18 heavy (non-hydrogen) atoms. The van der Waals surface area contributed by atoms with Crippen molar-refractivity contribution in [2.45, 2.75) is 19.3 Å². The molecule has 3 aliphatic rings. The molecule has 0 aromatic heterocycles. The maximum atomic E-state index is 12.1. The Morgan fingerprint density at radius 1 is 1.11 bits per heavy atom. The largest absolute Gasteiger partial charge is 0.341 e. The average molecular weight is 248 g/mol. The summed E-state index contributed by atoms with van der Waals surface area (Å²) >= 11 is 0. The van der Waals surface area contributed by atoms with Crippen LogP contribution in [0.4, 0.5) is 0 Å². The molecule has 2 fully saturated rings. The van der Waals surface area contributed by atoms with Crippen molar-refractivity contribution in [3.63, 3.8) is 0 Å². The number of carbonyl (C=O) groups is 3. The van der Waals surface area contributed by atoms with E-state index in [0.717, 1.165) is 19.5 Å². The molecule has 2 saturated heterocycles. The fourth-order valence-electron chi connectivity index (χ4n) is 2.83. The predicted molar refractivity (Wildman–Crippen MR) is 63.3 cm³/mol. The zero-order chi connectivity index (χ0) is 12.7. The van der Waals surface area contributed by atoms with Gasteiger partial charge in [-0.25, -0.2) is 0 Å². The normalized spacial score (nSPS) is 30.4. The minimum Gasteiger partial charge on any atom is -0.341 e. The predicted octanol–water partition coefficient (Wildman–Crippen LogP) is 0.170. The number of allylic oxidation sites excluding steroid dienone is 2. The summed E-state index contributed by atoms with van der Waals surface area (Å²) in [6, 6.07) is 0. The third-order valence-corrected chi connectivity index (χ3v) is 4.10. The topological polar surface area (TPSA) is 57.7 Å². The molecule has 2 heterocycles. The minimum absolute atomic E-state index is 0.0648. The molecular formula is C13H16N2O3. The Hall–Kier alpha value is -1.65. The van der Waals surface area contributed by atoms with Crippen molar-refractivity contribution in [3.8, 4) is 0 Å². The van der Waals surface area contributed by atoms with Crippen molar-refractivity contribution in [2.24, 2.45) is 11.8 Å². The summed E-state index contributed by atoms with van der Waals surface area (Å²) in [5.74, 6) is -0.889. The molecule has 2 atom stereocenters. The van der Waals surface area contributed by atoms with E-state index in [1.54, 1.807) is 4.90 Å². The molecule has 0 radical (unpaired) electrons. The number of nitrogens with zero attached hydrogens (tertiary/aromatic N) is 2. The lowest BCUT2D eigenvalue weighted by Crippen LogP contribution is -2.48. The first-order valence-corrected chi connectivity index (χ1v) is 6.46. The molecule has 0 aromatic rings.